The highest BCUT2D eigenvalue weighted by Crippen LogP contribution is 2.32. The monoisotopic (exact) mass is 354 g/mol. The van der Waals surface area contributed by atoms with Gasteiger partial charge in [0.2, 0.25) is 0 Å². The summed E-state index contributed by atoms with van der Waals surface area (Å²) in [4.78, 5) is 0. The lowest BCUT2D eigenvalue weighted by molar-refractivity contribution is 0.177. The van der Waals surface area contributed by atoms with Gasteiger partial charge in [-0.1, -0.05) is 22.0 Å². The molecule has 1 N–H and O–H groups in total. The Morgan fingerprint density at radius 2 is 1.81 bits per heavy atom. The molecule has 5 heteroatoms. The Balaban J connectivity index is 2.24. The molecule has 0 bridgehead atoms. The van der Waals surface area contributed by atoms with Gasteiger partial charge in [0.15, 0.2) is 11.5 Å². The van der Waals surface area contributed by atoms with Gasteiger partial charge < -0.3 is 14.6 Å². The van der Waals surface area contributed by atoms with Crippen molar-refractivity contribution in [2.24, 2.45) is 0 Å². The summed E-state index contributed by atoms with van der Waals surface area (Å²) >= 11 is 3.36. The molecular weight excluding hydrogens is 339 g/mol. The van der Waals surface area contributed by atoms with Gasteiger partial charge >= 0.3 is 0 Å². The van der Waals surface area contributed by atoms with Crippen LogP contribution in [0.5, 0.6) is 11.5 Å². The van der Waals surface area contributed by atoms with Crippen molar-refractivity contribution in [2.75, 3.05) is 14.2 Å². The summed E-state index contributed by atoms with van der Waals surface area (Å²) < 4.78 is 24.4. The fourth-order valence-electron chi connectivity index (χ4n) is 2.09. The molecule has 2 aromatic carbocycles. The second-order valence-electron chi connectivity index (χ2n) is 4.57. The highest BCUT2D eigenvalue weighted by atomic mass is 79.9. The van der Waals surface area contributed by atoms with Crippen molar-refractivity contribution >= 4 is 15.9 Å². The topological polar surface area (TPSA) is 38.7 Å². The summed E-state index contributed by atoms with van der Waals surface area (Å²) in [5.41, 5.74) is 1.39. The van der Waals surface area contributed by atoms with Crippen molar-refractivity contribution in [2.45, 2.75) is 12.5 Å². The van der Waals surface area contributed by atoms with E-state index in [1.165, 1.54) is 19.2 Å². The molecule has 0 saturated carbocycles. The van der Waals surface area contributed by atoms with E-state index in [1.54, 1.807) is 31.4 Å². The smallest absolute Gasteiger partial charge is 0.161 e. The lowest BCUT2D eigenvalue weighted by atomic mass is 10.0. The van der Waals surface area contributed by atoms with Gasteiger partial charge in [0.1, 0.15) is 5.82 Å². The highest BCUT2D eigenvalue weighted by molar-refractivity contribution is 9.10. The number of rotatable bonds is 5. The predicted molar refractivity (Wildman–Crippen MR) is 82.3 cm³/mol. The van der Waals surface area contributed by atoms with E-state index in [0.717, 1.165) is 4.47 Å². The molecule has 0 spiro atoms. The van der Waals surface area contributed by atoms with Crippen molar-refractivity contribution in [3.05, 3.63) is 57.8 Å². The van der Waals surface area contributed by atoms with Crippen molar-refractivity contribution in [3.63, 3.8) is 0 Å². The van der Waals surface area contributed by atoms with Crippen LogP contribution >= 0.6 is 15.9 Å². The SMILES string of the molecule is COc1ccc(C(O)Cc2cc(F)ccc2Br)cc1OC. The lowest BCUT2D eigenvalue weighted by Gasteiger charge is -2.15. The molecule has 21 heavy (non-hydrogen) atoms. The molecule has 0 amide bonds. The Bertz CT molecular complexity index is 631. The lowest BCUT2D eigenvalue weighted by Crippen LogP contribution is -2.04. The highest BCUT2D eigenvalue weighted by Gasteiger charge is 2.14. The van der Waals surface area contributed by atoms with Crippen LogP contribution in [0.25, 0.3) is 0 Å². The Morgan fingerprint density at radius 3 is 2.48 bits per heavy atom. The van der Waals surface area contributed by atoms with Crippen LogP contribution in [-0.2, 0) is 6.42 Å². The van der Waals surface area contributed by atoms with Gasteiger partial charge in [-0.2, -0.15) is 0 Å². The molecule has 2 aromatic rings. The zero-order chi connectivity index (χ0) is 15.4. The minimum absolute atomic E-state index is 0.299. The zero-order valence-electron chi connectivity index (χ0n) is 11.8. The van der Waals surface area contributed by atoms with Crippen LogP contribution in [0.2, 0.25) is 0 Å². The molecule has 1 atom stereocenters. The Labute approximate surface area is 131 Å². The first kappa shape index (κ1) is 15.8. The first-order valence-corrected chi connectivity index (χ1v) is 7.18. The van der Waals surface area contributed by atoms with E-state index in [4.69, 9.17) is 9.47 Å². The zero-order valence-corrected chi connectivity index (χ0v) is 13.4. The normalized spacial score (nSPS) is 12.0. The van der Waals surface area contributed by atoms with Crippen LogP contribution in [-0.4, -0.2) is 19.3 Å². The molecule has 0 fully saturated rings. The van der Waals surface area contributed by atoms with Gasteiger partial charge in [-0.3, -0.25) is 0 Å². The Morgan fingerprint density at radius 1 is 1.10 bits per heavy atom. The molecule has 0 aromatic heterocycles. The quantitative estimate of drug-likeness (QED) is 0.885. The number of aliphatic hydroxyl groups excluding tert-OH is 1. The van der Waals surface area contributed by atoms with Gasteiger partial charge in [-0.05, 0) is 41.5 Å². The first-order valence-electron chi connectivity index (χ1n) is 6.39. The summed E-state index contributed by atoms with van der Waals surface area (Å²) in [5, 5.41) is 10.3. The maximum Gasteiger partial charge on any atom is 0.161 e. The molecule has 3 nitrogen and oxygen atoms in total. The number of aliphatic hydroxyl groups is 1. The number of halogens is 2. The third-order valence-electron chi connectivity index (χ3n) is 3.21. The first-order chi connectivity index (χ1) is 10.0. The maximum absolute atomic E-state index is 13.3. The minimum Gasteiger partial charge on any atom is -0.493 e. The van der Waals surface area contributed by atoms with Crippen molar-refractivity contribution in [1.82, 2.24) is 0 Å². The minimum atomic E-state index is -0.761. The fourth-order valence-corrected chi connectivity index (χ4v) is 2.49. The van der Waals surface area contributed by atoms with Crippen LogP contribution in [0.15, 0.2) is 40.9 Å². The van der Waals surface area contributed by atoms with Gasteiger partial charge in [-0.25, -0.2) is 4.39 Å². The third-order valence-corrected chi connectivity index (χ3v) is 3.99. The van der Waals surface area contributed by atoms with Gasteiger partial charge in [0, 0.05) is 10.9 Å². The van der Waals surface area contributed by atoms with Gasteiger partial charge in [-0.15, -0.1) is 0 Å². The van der Waals surface area contributed by atoms with Crippen LogP contribution in [0.3, 0.4) is 0 Å². The summed E-state index contributed by atoms with van der Waals surface area (Å²) in [5.74, 6) is 0.820. The average molecular weight is 355 g/mol. The van der Waals surface area contributed by atoms with E-state index in [2.05, 4.69) is 15.9 Å². The van der Waals surface area contributed by atoms with E-state index in [1.807, 2.05) is 0 Å². The summed E-state index contributed by atoms with van der Waals surface area (Å²) in [6, 6.07) is 9.63. The van der Waals surface area contributed by atoms with E-state index in [9.17, 15) is 9.50 Å². The van der Waals surface area contributed by atoms with Gasteiger partial charge in [0.25, 0.3) is 0 Å². The third kappa shape index (κ3) is 3.74. The van der Waals surface area contributed by atoms with Crippen LogP contribution in [0.1, 0.15) is 17.2 Å². The molecule has 0 heterocycles. The molecule has 0 aliphatic heterocycles. The maximum atomic E-state index is 13.3. The number of hydrogen-bond donors (Lipinski definition) is 1. The van der Waals surface area contributed by atoms with E-state index >= 15 is 0 Å². The molecule has 0 saturated heterocycles. The standard InChI is InChI=1S/C16H16BrFO3/c1-20-15-6-3-10(9-16(15)21-2)14(19)8-11-7-12(18)4-5-13(11)17/h3-7,9,14,19H,8H2,1-2H3. The second kappa shape index (κ2) is 6.91. The Kier molecular flexibility index (Phi) is 5.20. The summed E-state index contributed by atoms with van der Waals surface area (Å²) in [6.07, 6.45) is -0.462. The largest absolute Gasteiger partial charge is 0.493 e. The number of hydrogen-bond acceptors (Lipinski definition) is 3. The summed E-state index contributed by atoms with van der Waals surface area (Å²) in [7, 11) is 3.09. The van der Waals surface area contributed by atoms with Crippen LogP contribution in [0.4, 0.5) is 4.39 Å². The number of methoxy groups -OCH3 is 2. The fraction of sp³-hybridized carbons (Fsp3) is 0.250. The average Bonchev–Trinajstić information content (AvgIpc) is 2.50. The molecule has 0 aliphatic rings. The molecule has 0 aliphatic carbocycles. The number of benzene rings is 2. The Hall–Kier alpha value is -1.59. The molecule has 112 valence electrons. The molecular formula is C16H16BrFO3. The van der Waals surface area contributed by atoms with E-state index in [-0.39, 0.29) is 5.82 Å². The van der Waals surface area contributed by atoms with Crippen LogP contribution < -0.4 is 9.47 Å². The predicted octanol–water partition coefficient (Wildman–Crippen LogP) is 3.88. The van der Waals surface area contributed by atoms with Crippen molar-refractivity contribution in [3.8, 4) is 11.5 Å². The van der Waals surface area contributed by atoms with Crippen LogP contribution in [0, 0.1) is 5.82 Å². The molecule has 0 radical (unpaired) electrons. The van der Waals surface area contributed by atoms with Crippen molar-refractivity contribution in [1.29, 1.82) is 0 Å². The van der Waals surface area contributed by atoms with Crippen molar-refractivity contribution < 1.29 is 19.0 Å². The molecule has 1 unspecified atom stereocenters. The van der Waals surface area contributed by atoms with E-state index < -0.39 is 6.10 Å². The van der Waals surface area contributed by atoms with E-state index in [0.29, 0.717) is 29.0 Å². The number of ether oxygens (including phenoxy) is 2. The summed E-state index contributed by atoms with van der Waals surface area (Å²) in [6.45, 7) is 0. The van der Waals surface area contributed by atoms with Gasteiger partial charge in [0.05, 0.1) is 20.3 Å². The second-order valence-corrected chi connectivity index (χ2v) is 5.42. The molecule has 2 rings (SSSR count).